The number of nitrogens with one attached hydrogen (secondary N) is 3. The average molecular weight is 277 g/mol. The first-order valence-electron chi connectivity index (χ1n) is 6.73. The molecule has 3 N–H and O–H groups in total. The zero-order valence-electron chi connectivity index (χ0n) is 11.7. The van der Waals surface area contributed by atoms with Crippen molar-refractivity contribution in [3.63, 3.8) is 0 Å². The summed E-state index contributed by atoms with van der Waals surface area (Å²) in [6, 6.07) is 5.12. The minimum atomic E-state index is -0.599. The normalized spacial score (nSPS) is 16.9. The Morgan fingerprint density at radius 2 is 2.20 bits per heavy atom. The van der Waals surface area contributed by atoms with Crippen LogP contribution in [0.5, 0.6) is 5.75 Å². The predicted molar refractivity (Wildman–Crippen MR) is 76.0 cm³/mol. The van der Waals surface area contributed by atoms with Crippen LogP contribution in [0, 0.1) is 0 Å². The molecule has 0 spiro atoms. The van der Waals surface area contributed by atoms with Gasteiger partial charge in [-0.3, -0.25) is 9.59 Å². The van der Waals surface area contributed by atoms with Gasteiger partial charge < -0.3 is 20.7 Å². The third-order valence-electron chi connectivity index (χ3n) is 3.02. The molecule has 1 aromatic carbocycles. The van der Waals surface area contributed by atoms with Gasteiger partial charge in [-0.25, -0.2) is 0 Å². The topological polar surface area (TPSA) is 79.5 Å². The van der Waals surface area contributed by atoms with Crippen molar-refractivity contribution in [1.82, 2.24) is 10.6 Å². The summed E-state index contributed by atoms with van der Waals surface area (Å²) in [5, 5.41) is 8.67. The first-order valence-corrected chi connectivity index (χ1v) is 6.73. The second-order valence-corrected chi connectivity index (χ2v) is 4.54. The fraction of sp³-hybridized carbons (Fsp3) is 0.429. The molecule has 1 aromatic rings. The first-order chi connectivity index (χ1) is 9.63. The van der Waals surface area contributed by atoms with Gasteiger partial charge in [-0.15, -0.1) is 0 Å². The molecule has 1 atom stereocenters. The van der Waals surface area contributed by atoms with Crippen molar-refractivity contribution >= 4 is 17.5 Å². The lowest BCUT2D eigenvalue weighted by molar-refractivity contribution is -0.122. The maximum atomic E-state index is 12.1. The molecule has 0 saturated carbocycles. The summed E-state index contributed by atoms with van der Waals surface area (Å²) in [7, 11) is 0. The van der Waals surface area contributed by atoms with Gasteiger partial charge in [0.25, 0.3) is 11.8 Å². The van der Waals surface area contributed by atoms with Gasteiger partial charge in [0, 0.05) is 13.1 Å². The van der Waals surface area contributed by atoms with E-state index in [4.69, 9.17) is 4.74 Å². The lowest BCUT2D eigenvalue weighted by Crippen LogP contribution is -2.36. The van der Waals surface area contributed by atoms with Crippen molar-refractivity contribution in [3.8, 4) is 5.75 Å². The molecule has 1 aliphatic rings. The van der Waals surface area contributed by atoms with Crippen LogP contribution in [0.3, 0.4) is 0 Å². The van der Waals surface area contributed by atoms with E-state index in [1.54, 1.807) is 25.1 Å². The van der Waals surface area contributed by atoms with Gasteiger partial charge in [-0.1, -0.05) is 13.0 Å². The second kappa shape index (κ2) is 6.38. The lowest BCUT2D eigenvalue weighted by atomic mass is 10.1. The predicted octanol–water partition coefficient (Wildman–Crippen LogP) is 0.745. The SMILES string of the molecule is CCNCCNC(=O)c1cccc2c1OC(C)C(=O)N2. The molecular weight excluding hydrogens is 258 g/mol. The smallest absolute Gasteiger partial charge is 0.265 e. The van der Waals surface area contributed by atoms with E-state index in [1.807, 2.05) is 6.92 Å². The van der Waals surface area contributed by atoms with Gasteiger partial charge in [0.2, 0.25) is 0 Å². The zero-order chi connectivity index (χ0) is 14.5. The van der Waals surface area contributed by atoms with E-state index in [2.05, 4.69) is 16.0 Å². The van der Waals surface area contributed by atoms with Crippen LogP contribution in [0.1, 0.15) is 24.2 Å². The highest BCUT2D eigenvalue weighted by molar-refractivity contribution is 6.03. The number of para-hydroxylation sites is 1. The van der Waals surface area contributed by atoms with Crippen LogP contribution in [0.2, 0.25) is 0 Å². The average Bonchev–Trinajstić information content (AvgIpc) is 2.44. The summed E-state index contributed by atoms with van der Waals surface area (Å²) < 4.78 is 5.54. The number of ether oxygens (including phenoxy) is 1. The molecule has 0 saturated heterocycles. The number of hydrogen-bond donors (Lipinski definition) is 3. The Hall–Kier alpha value is -2.08. The van der Waals surface area contributed by atoms with Crippen molar-refractivity contribution in [1.29, 1.82) is 0 Å². The molecule has 0 aliphatic carbocycles. The van der Waals surface area contributed by atoms with Crippen molar-refractivity contribution < 1.29 is 14.3 Å². The second-order valence-electron chi connectivity index (χ2n) is 4.54. The Morgan fingerprint density at radius 1 is 1.40 bits per heavy atom. The number of carbonyl (C=O) groups is 2. The van der Waals surface area contributed by atoms with Gasteiger partial charge in [0.15, 0.2) is 11.9 Å². The summed E-state index contributed by atoms with van der Waals surface area (Å²) in [4.78, 5) is 23.7. The van der Waals surface area contributed by atoms with E-state index in [9.17, 15) is 9.59 Å². The van der Waals surface area contributed by atoms with Crippen LogP contribution in [0.25, 0.3) is 0 Å². The van der Waals surface area contributed by atoms with Crippen LogP contribution in [0.4, 0.5) is 5.69 Å². The van der Waals surface area contributed by atoms with Gasteiger partial charge in [0.05, 0.1) is 11.3 Å². The summed E-state index contributed by atoms with van der Waals surface area (Å²) in [5.74, 6) is 0.0193. The van der Waals surface area contributed by atoms with Gasteiger partial charge in [0.1, 0.15) is 0 Å². The Balaban J connectivity index is 2.11. The number of fused-ring (bicyclic) bond motifs is 1. The Bertz CT molecular complexity index is 516. The number of likely N-dealkylation sites (N-methyl/N-ethyl adjacent to an activating group) is 1. The van der Waals surface area contributed by atoms with E-state index in [1.165, 1.54) is 0 Å². The fourth-order valence-corrected chi connectivity index (χ4v) is 1.94. The van der Waals surface area contributed by atoms with Gasteiger partial charge in [-0.2, -0.15) is 0 Å². The summed E-state index contributed by atoms with van der Waals surface area (Å²) in [6.45, 7) is 5.78. The van der Waals surface area contributed by atoms with Crippen LogP contribution >= 0.6 is 0 Å². The van der Waals surface area contributed by atoms with Crippen molar-refractivity contribution in [3.05, 3.63) is 23.8 Å². The molecule has 1 heterocycles. The molecule has 0 bridgehead atoms. The summed E-state index contributed by atoms with van der Waals surface area (Å²) in [5.41, 5.74) is 0.971. The number of amides is 2. The quantitative estimate of drug-likeness (QED) is 0.694. The molecule has 0 radical (unpaired) electrons. The number of rotatable bonds is 5. The monoisotopic (exact) mass is 277 g/mol. The van der Waals surface area contributed by atoms with Gasteiger partial charge >= 0.3 is 0 Å². The molecule has 0 fully saturated rings. The van der Waals surface area contributed by atoms with E-state index >= 15 is 0 Å². The molecule has 0 aromatic heterocycles. The van der Waals surface area contributed by atoms with E-state index in [0.29, 0.717) is 30.1 Å². The summed E-state index contributed by atoms with van der Waals surface area (Å²) in [6.07, 6.45) is -0.599. The van der Waals surface area contributed by atoms with Crippen LogP contribution in [-0.2, 0) is 4.79 Å². The van der Waals surface area contributed by atoms with Crippen molar-refractivity contribution in [2.24, 2.45) is 0 Å². The minimum absolute atomic E-state index is 0.205. The molecule has 2 rings (SSSR count). The Morgan fingerprint density at radius 3 is 2.95 bits per heavy atom. The molecule has 20 heavy (non-hydrogen) atoms. The molecule has 1 unspecified atom stereocenters. The van der Waals surface area contributed by atoms with Crippen LogP contribution < -0.4 is 20.7 Å². The number of carbonyl (C=O) groups excluding carboxylic acids is 2. The van der Waals surface area contributed by atoms with E-state index in [0.717, 1.165) is 6.54 Å². The molecule has 2 amide bonds. The Kier molecular flexibility index (Phi) is 4.57. The highest BCUT2D eigenvalue weighted by Crippen LogP contribution is 2.33. The lowest BCUT2D eigenvalue weighted by Gasteiger charge is -2.25. The minimum Gasteiger partial charge on any atom is -0.478 e. The van der Waals surface area contributed by atoms with Crippen LogP contribution in [0.15, 0.2) is 18.2 Å². The number of benzene rings is 1. The number of anilines is 1. The molecule has 1 aliphatic heterocycles. The summed E-state index contributed by atoms with van der Waals surface area (Å²) >= 11 is 0. The maximum Gasteiger partial charge on any atom is 0.265 e. The van der Waals surface area contributed by atoms with E-state index in [-0.39, 0.29) is 11.8 Å². The van der Waals surface area contributed by atoms with E-state index < -0.39 is 6.10 Å². The van der Waals surface area contributed by atoms with Crippen molar-refractivity contribution in [2.75, 3.05) is 25.0 Å². The fourth-order valence-electron chi connectivity index (χ4n) is 1.94. The van der Waals surface area contributed by atoms with Crippen LogP contribution in [-0.4, -0.2) is 37.6 Å². The maximum absolute atomic E-state index is 12.1. The zero-order valence-corrected chi connectivity index (χ0v) is 11.7. The van der Waals surface area contributed by atoms with Crippen molar-refractivity contribution in [2.45, 2.75) is 20.0 Å². The largest absolute Gasteiger partial charge is 0.478 e. The highest BCUT2D eigenvalue weighted by Gasteiger charge is 2.27. The molecular formula is C14H19N3O3. The highest BCUT2D eigenvalue weighted by atomic mass is 16.5. The standard InChI is InChI=1S/C14H19N3O3/c1-3-15-7-8-16-14(19)10-5-4-6-11-12(10)20-9(2)13(18)17-11/h4-6,9,15H,3,7-8H2,1-2H3,(H,16,19)(H,17,18). The first kappa shape index (κ1) is 14.3. The van der Waals surface area contributed by atoms with Gasteiger partial charge in [-0.05, 0) is 25.6 Å². The molecule has 6 heteroatoms. The third-order valence-corrected chi connectivity index (χ3v) is 3.02. The Labute approximate surface area is 117 Å². The number of hydrogen-bond acceptors (Lipinski definition) is 4. The third kappa shape index (κ3) is 3.08. The molecule has 108 valence electrons. The molecule has 6 nitrogen and oxygen atoms in total.